The first-order valence-corrected chi connectivity index (χ1v) is 11.8. The number of carbonyl (C=O) groups excluding carboxylic acids is 1. The van der Waals surface area contributed by atoms with E-state index in [0.717, 1.165) is 9.87 Å². The molecule has 0 saturated carbocycles. The second-order valence-corrected chi connectivity index (χ2v) is 9.36. The highest BCUT2D eigenvalue weighted by atomic mass is 32.2. The van der Waals surface area contributed by atoms with Crippen LogP contribution < -0.4 is 4.74 Å². The van der Waals surface area contributed by atoms with Gasteiger partial charge in [0.2, 0.25) is 15.9 Å². The van der Waals surface area contributed by atoms with Crippen molar-refractivity contribution in [1.29, 1.82) is 0 Å². The summed E-state index contributed by atoms with van der Waals surface area (Å²) in [6.07, 6.45) is 1.47. The number of hydrogen-bond donors (Lipinski definition) is 0. The van der Waals surface area contributed by atoms with Crippen molar-refractivity contribution in [2.75, 3.05) is 20.2 Å². The molecule has 0 radical (unpaired) electrons. The molecule has 2 aromatic heterocycles. The zero-order valence-electron chi connectivity index (χ0n) is 16.9. The van der Waals surface area contributed by atoms with Crippen molar-refractivity contribution >= 4 is 27.3 Å². The van der Waals surface area contributed by atoms with E-state index < -0.39 is 10.0 Å². The molecule has 0 aliphatic carbocycles. The summed E-state index contributed by atoms with van der Waals surface area (Å²) in [4.78, 5) is 14.4. The van der Waals surface area contributed by atoms with E-state index in [9.17, 15) is 13.2 Å². The number of thiophene rings is 1. The Labute approximate surface area is 180 Å². The molecule has 2 heterocycles. The number of sulfonamides is 1. The molecule has 0 spiro atoms. The Morgan fingerprint density at radius 3 is 2.50 bits per heavy atom. The van der Waals surface area contributed by atoms with Crippen molar-refractivity contribution < 1.29 is 22.4 Å². The van der Waals surface area contributed by atoms with Crippen LogP contribution in [0.15, 0.2) is 68.8 Å². The molecule has 7 nitrogen and oxygen atoms in total. The lowest BCUT2D eigenvalue weighted by Crippen LogP contribution is -2.40. The summed E-state index contributed by atoms with van der Waals surface area (Å²) < 4.78 is 38.4. The fourth-order valence-corrected chi connectivity index (χ4v) is 4.86. The number of carbonyl (C=O) groups is 1. The highest BCUT2D eigenvalue weighted by molar-refractivity contribution is 7.89. The third-order valence-electron chi connectivity index (χ3n) is 4.42. The van der Waals surface area contributed by atoms with Gasteiger partial charge in [0.15, 0.2) is 0 Å². The molecule has 30 heavy (non-hydrogen) atoms. The average molecular weight is 449 g/mol. The minimum absolute atomic E-state index is 0.0411. The number of likely N-dealkylation sites (N-methyl/N-ethyl adjacent to an activating group) is 1. The molecule has 1 amide bonds. The van der Waals surface area contributed by atoms with Gasteiger partial charge in [0.25, 0.3) is 0 Å². The van der Waals surface area contributed by atoms with Crippen LogP contribution in [-0.4, -0.2) is 43.7 Å². The first-order valence-electron chi connectivity index (χ1n) is 9.40. The Morgan fingerprint density at radius 2 is 1.90 bits per heavy atom. The van der Waals surface area contributed by atoms with E-state index in [1.165, 1.54) is 23.3 Å². The lowest BCUT2D eigenvalue weighted by molar-refractivity contribution is -0.130. The van der Waals surface area contributed by atoms with Gasteiger partial charge in [-0.15, -0.1) is 0 Å². The van der Waals surface area contributed by atoms with Gasteiger partial charge in [0.05, 0.1) is 30.9 Å². The standard InChI is InChI=1S/C21H24N2O5S2/c1-3-27-18-6-8-20(9-7-18)30(25,26)23(14-19-5-4-11-28-19)15-21(24)22(2)13-17-10-12-29-16-17/h4-12,16H,3,13-15H2,1-2H3. The monoisotopic (exact) mass is 448 g/mol. The maximum absolute atomic E-state index is 13.3. The average Bonchev–Trinajstić information content (AvgIpc) is 3.42. The zero-order chi connectivity index (χ0) is 21.6. The van der Waals surface area contributed by atoms with Crippen LogP contribution in [0.5, 0.6) is 5.75 Å². The molecule has 0 aliphatic rings. The van der Waals surface area contributed by atoms with Crippen molar-refractivity contribution in [3.05, 3.63) is 70.8 Å². The Kier molecular flexibility index (Phi) is 7.30. The molecule has 3 aromatic rings. The molecule has 0 bridgehead atoms. The van der Waals surface area contributed by atoms with E-state index in [1.54, 1.807) is 42.6 Å². The minimum atomic E-state index is -3.93. The molecule has 3 rings (SSSR count). The Balaban J connectivity index is 1.81. The largest absolute Gasteiger partial charge is 0.494 e. The van der Waals surface area contributed by atoms with Gasteiger partial charge in [-0.2, -0.15) is 15.6 Å². The van der Waals surface area contributed by atoms with E-state index in [2.05, 4.69) is 0 Å². The fraction of sp³-hybridized carbons (Fsp3) is 0.286. The lowest BCUT2D eigenvalue weighted by atomic mass is 10.3. The van der Waals surface area contributed by atoms with Gasteiger partial charge in [-0.1, -0.05) is 0 Å². The van der Waals surface area contributed by atoms with Gasteiger partial charge in [0, 0.05) is 13.6 Å². The van der Waals surface area contributed by atoms with E-state index in [-0.39, 0.29) is 23.9 Å². The van der Waals surface area contributed by atoms with Crippen molar-refractivity contribution in [2.45, 2.75) is 24.9 Å². The molecule has 9 heteroatoms. The van der Waals surface area contributed by atoms with Crippen molar-refractivity contribution in [3.63, 3.8) is 0 Å². The summed E-state index contributed by atoms with van der Waals surface area (Å²) in [6, 6.07) is 11.5. The van der Waals surface area contributed by atoms with Crippen LogP contribution in [0.1, 0.15) is 18.2 Å². The quantitative estimate of drug-likeness (QED) is 0.474. The molecule has 0 fully saturated rings. The number of nitrogens with zero attached hydrogens (tertiary/aromatic N) is 2. The van der Waals surface area contributed by atoms with Crippen LogP contribution in [0.25, 0.3) is 0 Å². The SMILES string of the molecule is CCOc1ccc(S(=O)(=O)N(CC(=O)N(C)Cc2ccsc2)Cc2ccco2)cc1. The Bertz CT molecular complexity index is 1030. The van der Waals surface area contributed by atoms with E-state index >= 15 is 0 Å². The number of hydrogen-bond acceptors (Lipinski definition) is 6. The molecule has 160 valence electrons. The number of furan rings is 1. The number of rotatable bonds is 10. The predicted octanol–water partition coefficient (Wildman–Crippen LogP) is 3.59. The molecular weight excluding hydrogens is 424 g/mol. The molecule has 1 aromatic carbocycles. The molecule has 0 atom stereocenters. The van der Waals surface area contributed by atoms with Crippen molar-refractivity contribution in [3.8, 4) is 5.75 Å². The summed E-state index contributed by atoms with van der Waals surface area (Å²) in [7, 11) is -2.27. The molecule has 0 aliphatic heterocycles. The van der Waals surface area contributed by atoms with Crippen LogP contribution >= 0.6 is 11.3 Å². The highest BCUT2D eigenvalue weighted by Crippen LogP contribution is 2.22. The summed E-state index contributed by atoms with van der Waals surface area (Å²) in [6.45, 7) is 2.42. The highest BCUT2D eigenvalue weighted by Gasteiger charge is 2.29. The van der Waals surface area contributed by atoms with E-state index in [0.29, 0.717) is 24.7 Å². The van der Waals surface area contributed by atoms with Gasteiger partial charge < -0.3 is 14.1 Å². The summed E-state index contributed by atoms with van der Waals surface area (Å²) >= 11 is 1.55. The van der Waals surface area contributed by atoms with Crippen LogP contribution in [0.3, 0.4) is 0 Å². The van der Waals surface area contributed by atoms with E-state index in [1.807, 2.05) is 23.8 Å². The fourth-order valence-electron chi connectivity index (χ4n) is 2.84. The van der Waals surface area contributed by atoms with Crippen molar-refractivity contribution in [2.24, 2.45) is 0 Å². The van der Waals surface area contributed by atoms with Gasteiger partial charge in [-0.3, -0.25) is 4.79 Å². The third kappa shape index (κ3) is 5.50. The topological polar surface area (TPSA) is 80.1 Å². The van der Waals surface area contributed by atoms with Gasteiger partial charge in [-0.05, 0) is 65.7 Å². The number of ether oxygens (including phenoxy) is 1. The third-order valence-corrected chi connectivity index (χ3v) is 6.96. The maximum atomic E-state index is 13.3. The second kappa shape index (κ2) is 9.92. The predicted molar refractivity (Wildman–Crippen MR) is 115 cm³/mol. The Morgan fingerprint density at radius 1 is 1.13 bits per heavy atom. The number of benzene rings is 1. The lowest BCUT2D eigenvalue weighted by Gasteiger charge is -2.24. The van der Waals surface area contributed by atoms with Crippen molar-refractivity contribution in [1.82, 2.24) is 9.21 Å². The summed E-state index contributed by atoms with van der Waals surface area (Å²) in [5.74, 6) is 0.737. The zero-order valence-corrected chi connectivity index (χ0v) is 18.5. The summed E-state index contributed by atoms with van der Waals surface area (Å²) in [5.41, 5.74) is 1.00. The number of amides is 1. The normalized spacial score (nSPS) is 11.6. The molecular formula is C21H24N2O5S2. The maximum Gasteiger partial charge on any atom is 0.243 e. The Hall–Kier alpha value is -2.62. The van der Waals surface area contributed by atoms with Crippen LogP contribution in [-0.2, 0) is 27.9 Å². The second-order valence-electron chi connectivity index (χ2n) is 6.64. The first-order chi connectivity index (χ1) is 14.4. The molecule has 0 saturated heterocycles. The van der Waals surface area contributed by atoms with Crippen LogP contribution in [0, 0.1) is 0 Å². The van der Waals surface area contributed by atoms with Crippen LogP contribution in [0.4, 0.5) is 0 Å². The van der Waals surface area contributed by atoms with Gasteiger partial charge >= 0.3 is 0 Å². The molecule has 0 N–H and O–H groups in total. The van der Waals surface area contributed by atoms with Gasteiger partial charge in [-0.25, -0.2) is 8.42 Å². The smallest absolute Gasteiger partial charge is 0.243 e. The minimum Gasteiger partial charge on any atom is -0.494 e. The first kappa shape index (κ1) is 22.1. The van der Waals surface area contributed by atoms with Crippen LogP contribution in [0.2, 0.25) is 0 Å². The van der Waals surface area contributed by atoms with E-state index in [4.69, 9.17) is 9.15 Å². The summed E-state index contributed by atoms with van der Waals surface area (Å²) in [5, 5.41) is 3.90. The van der Waals surface area contributed by atoms with Gasteiger partial charge in [0.1, 0.15) is 11.5 Å². The molecule has 0 unspecified atom stereocenters.